The molecule has 0 radical (unpaired) electrons. The van der Waals surface area contributed by atoms with Crippen molar-refractivity contribution in [1.29, 1.82) is 0 Å². The van der Waals surface area contributed by atoms with Gasteiger partial charge < -0.3 is 23.8 Å². The zero-order valence-electron chi connectivity index (χ0n) is 25.5. The van der Waals surface area contributed by atoms with Crippen molar-refractivity contribution in [2.45, 2.75) is 57.0 Å². The van der Waals surface area contributed by atoms with E-state index in [0.717, 1.165) is 94.4 Å². The van der Waals surface area contributed by atoms with Crippen LogP contribution in [-0.4, -0.2) is 48.0 Å². The van der Waals surface area contributed by atoms with Crippen LogP contribution in [0, 0.1) is 0 Å². The van der Waals surface area contributed by atoms with Gasteiger partial charge >= 0.3 is 0 Å². The van der Waals surface area contributed by atoms with Crippen LogP contribution in [0.5, 0.6) is 11.5 Å². The Hall–Kier alpha value is -3.91. The van der Waals surface area contributed by atoms with Gasteiger partial charge in [0, 0.05) is 30.0 Å². The molecule has 7 nitrogen and oxygen atoms in total. The van der Waals surface area contributed by atoms with Crippen molar-refractivity contribution < 1.29 is 13.9 Å². The Morgan fingerprint density at radius 1 is 0.744 bits per heavy atom. The zero-order chi connectivity index (χ0) is 29.9. The van der Waals surface area contributed by atoms with Crippen LogP contribution in [0.15, 0.2) is 82.4 Å². The number of hydrogen-bond donors (Lipinski definition) is 1. The molecule has 3 aromatic carbocycles. The molecule has 0 aliphatic heterocycles. The number of fused-ring (bicyclic) bond motifs is 1. The van der Waals surface area contributed by atoms with Crippen LogP contribution in [0.2, 0.25) is 0 Å². The molecule has 0 spiro atoms. The van der Waals surface area contributed by atoms with Gasteiger partial charge in [-0.1, -0.05) is 56.5 Å². The lowest BCUT2D eigenvalue weighted by molar-refractivity contribution is 0.414. The standard InChI is InChI=1S/C35H42N4O3S/c1-4-5-6-7-10-23-39(35-36-30-13-8-9-14-31(30)42-35)24-11-12-25-43-34-37-32(26-15-19-28(40-2)20-16-26)33(38-34)27-17-21-29(41-3)22-18-27/h8-9,13-22H,4-7,10-12,23-25H2,1-3H3,(H,37,38). The van der Waals surface area contributed by atoms with Gasteiger partial charge in [-0.15, -0.1) is 0 Å². The summed E-state index contributed by atoms with van der Waals surface area (Å²) in [6, 6.07) is 24.9. The number of hydrogen-bond acceptors (Lipinski definition) is 7. The second-order valence-corrected chi connectivity index (χ2v) is 11.7. The smallest absolute Gasteiger partial charge is 0.298 e. The summed E-state index contributed by atoms with van der Waals surface area (Å²) in [5.41, 5.74) is 5.81. The number of oxazole rings is 1. The number of methoxy groups -OCH3 is 2. The van der Waals surface area contributed by atoms with Crippen molar-refractivity contribution in [1.82, 2.24) is 15.0 Å². The molecule has 0 atom stereocenters. The van der Waals surface area contributed by atoms with Gasteiger partial charge in [0.15, 0.2) is 10.7 Å². The normalized spacial score (nSPS) is 11.2. The van der Waals surface area contributed by atoms with E-state index in [-0.39, 0.29) is 0 Å². The highest BCUT2D eigenvalue weighted by Crippen LogP contribution is 2.34. The lowest BCUT2D eigenvalue weighted by atomic mass is 10.0. The fourth-order valence-corrected chi connectivity index (χ4v) is 5.99. The van der Waals surface area contributed by atoms with Crippen LogP contribution in [0.3, 0.4) is 0 Å². The van der Waals surface area contributed by atoms with Crippen molar-refractivity contribution in [2.75, 3.05) is 38.0 Å². The average molecular weight is 599 g/mol. The van der Waals surface area contributed by atoms with E-state index in [9.17, 15) is 0 Å². The average Bonchev–Trinajstić information content (AvgIpc) is 3.68. The van der Waals surface area contributed by atoms with Gasteiger partial charge in [0.25, 0.3) is 6.01 Å². The van der Waals surface area contributed by atoms with Crippen molar-refractivity contribution in [3.63, 3.8) is 0 Å². The van der Waals surface area contributed by atoms with Gasteiger partial charge in [-0.2, -0.15) is 4.98 Å². The molecule has 0 bridgehead atoms. The third-order valence-corrected chi connectivity index (χ3v) is 8.53. The topological polar surface area (TPSA) is 76.4 Å². The molecule has 2 aromatic heterocycles. The predicted octanol–water partition coefficient (Wildman–Crippen LogP) is 9.25. The summed E-state index contributed by atoms with van der Waals surface area (Å²) in [5, 5.41) is 0.920. The number of aromatic nitrogens is 3. The highest BCUT2D eigenvalue weighted by atomic mass is 32.2. The van der Waals surface area contributed by atoms with Crippen LogP contribution >= 0.6 is 11.8 Å². The fraction of sp³-hybridized carbons (Fsp3) is 0.371. The molecule has 8 heteroatoms. The molecular formula is C35H42N4O3S. The molecule has 2 heterocycles. The van der Waals surface area contributed by atoms with E-state index in [1.807, 2.05) is 48.5 Å². The van der Waals surface area contributed by atoms with Gasteiger partial charge in [-0.25, -0.2) is 4.98 Å². The molecule has 0 amide bonds. The largest absolute Gasteiger partial charge is 0.497 e. The Labute approximate surface area is 259 Å². The molecule has 43 heavy (non-hydrogen) atoms. The summed E-state index contributed by atoms with van der Waals surface area (Å²) in [6.07, 6.45) is 8.35. The third-order valence-electron chi connectivity index (χ3n) is 7.57. The molecule has 226 valence electrons. The minimum atomic E-state index is 0.739. The summed E-state index contributed by atoms with van der Waals surface area (Å²) < 4.78 is 16.9. The molecule has 0 saturated heterocycles. The maximum absolute atomic E-state index is 6.14. The van der Waals surface area contributed by atoms with Crippen molar-refractivity contribution in [3.05, 3.63) is 72.8 Å². The van der Waals surface area contributed by atoms with Crippen LogP contribution in [0.1, 0.15) is 51.9 Å². The van der Waals surface area contributed by atoms with Gasteiger partial charge in [0.05, 0.1) is 25.6 Å². The second-order valence-electron chi connectivity index (χ2n) is 10.6. The molecule has 1 N–H and O–H groups in total. The number of para-hydroxylation sites is 2. The number of anilines is 1. The molecule has 0 saturated carbocycles. The molecule has 5 aromatic rings. The number of benzene rings is 3. The zero-order valence-corrected chi connectivity index (χ0v) is 26.3. The number of thioether (sulfide) groups is 1. The lowest BCUT2D eigenvalue weighted by Gasteiger charge is -2.20. The highest BCUT2D eigenvalue weighted by molar-refractivity contribution is 7.99. The number of rotatable bonds is 17. The highest BCUT2D eigenvalue weighted by Gasteiger charge is 2.16. The number of imidazole rings is 1. The van der Waals surface area contributed by atoms with E-state index >= 15 is 0 Å². The SMILES string of the molecule is CCCCCCCN(CCCCSc1nc(-c2ccc(OC)cc2)c(-c2ccc(OC)cc2)[nH]1)c1nc2ccccc2o1. The molecule has 0 fully saturated rings. The van der Waals surface area contributed by atoms with Crippen molar-refractivity contribution in [2.24, 2.45) is 0 Å². The van der Waals surface area contributed by atoms with E-state index in [4.69, 9.17) is 23.9 Å². The molecule has 0 aliphatic rings. The van der Waals surface area contributed by atoms with Crippen LogP contribution in [-0.2, 0) is 0 Å². The maximum atomic E-state index is 6.14. The van der Waals surface area contributed by atoms with E-state index < -0.39 is 0 Å². The summed E-state index contributed by atoms with van der Waals surface area (Å²) >= 11 is 1.76. The number of unbranched alkanes of at least 4 members (excludes halogenated alkanes) is 5. The number of H-pyrrole nitrogens is 1. The monoisotopic (exact) mass is 598 g/mol. The second kappa shape index (κ2) is 15.5. The van der Waals surface area contributed by atoms with Crippen molar-refractivity contribution >= 4 is 28.9 Å². The van der Waals surface area contributed by atoms with Gasteiger partial charge in [-0.3, -0.25) is 0 Å². The first-order valence-corrected chi connectivity index (χ1v) is 16.3. The number of aromatic amines is 1. The van der Waals surface area contributed by atoms with Gasteiger partial charge in [0.1, 0.15) is 17.0 Å². The molecule has 0 aliphatic carbocycles. The predicted molar refractivity (Wildman–Crippen MR) is 178 cm³/mol. The minimum absolute atomic E-state index is 0.739. The first kappa shape index (κ1) is 30.5. The molecular weight excluding hydrogens is 556 g/mol. The van der Waals surface area contributed by atoms with Gasteiger partial charge in [-0.05, 0) is 79.9 Å². The van der Waals surface area contributed by atoms with Crippen LogP contribution in [0.25, 0.3) is 33.6 Å². The van der Waals surface area contributed by atoms with Crippen LogP contribution < -0.4 is 14.4 Å². The first-order valence-electron chi connectivity index (χ1n) is 15.3. The molecule has 0 unspecified atom stereocenters. The number of ether oxygens (including phenoxy) is 2. The quantitative estimate of drug-likeness (QED) is 0.0844. The Morgan fingerprint density at radius 2 is 1.40 bits per heavy atom. The Morgan fingerprint density at radius 3 is 2.07 bits per heavy atom. The first-order chi connectivity index (χ1) is 21.2. The minimum Gasteiger partial charge on any atom is -0.497 e. The summed E-state index contributed by atoms with van der Waals surface area (Å²) in [7, 11) is 3.36. The fourth-order valence-electron chi connectivity index (χ4n) is 5.12. The number of nitrogens with zero attached hydrogens (tertiary/aromatic N) is 3. The van der Waals surface area contributed by atoms with Crippen LogP contribution in [0.4, 0.5) is 6.01 Å². The molecule has 5 rings (SSSR count). The summed E-state index contributed by atoms with van der Waals surface area (Å²) in [4.78, 5) is 15.7. The van der Waals surface area contributed by atoms with Gasteiger partial charge in [0.2, 0.25) is 0 Å². The van der Waals surface area contributed by atoms with E-state index in [0.29, 0.717) is 0 Å². The van der Waals surface area contributed by atoms with E-state index in [1.54, 1.807) is 26.0 Å². The third kappa shape index (κ3) is 8.14. The lowest BCUT2D eigenvalue weighted by Crippen LogP contribution is -2.26. The van der Waals surface area contributed by atoms with E-state index in [1.165, 1.54) is 25.7 Å². The number of nitrogens with one attached hydrogen (secondary N) is 1. The Kier molecular flexibility index (Phi) is 11.0. The Balaban J connectivity index is 1.22. The van der Waals surface area contributed by atoms with E-state index in [2.05, 4.69) is 41.1 Å². The van der Waals surface area contributed by atoms with Crippen molar-refractivity contribution in [3.8, 4) is 34.0 Å². The summed E-state index contributed by atoms with van der Waals surface area (Å²) in [6.45, 7) is 4.15. The maximum Gasteiger partial charge on any atom is 0.298 e. The summed E-state index contributed by atoms with van der Waals surface area (Å²) in [5.74, 6) is 2.62. The Bertz CT molecular complexity index is 1450.